The predicted octanol–water partition coefficient (Wildman–Crippen LogP) is 2.74. The fourth-order valence-electron chi connectivity index (χ4n) is 2.54. The third-order valence-electron chi connectivity index (χ3n) is 3.77. The van der Waals surface area contributed by atoms with Crippen molar-refractivity contribution in [1.29, 1.82) is 0 Å². The molecule has 0 saturated carbocycles. The molecule has 1 N–H and O–H groups in total. The molecule has 1 heterocycles. The summed E-state index contributed by atoms with van der Waals surface area (Å²) < 4.78 is 13.1. The van der Waals surface area contributed by atoms with E-state index in [-0.39, 0.29) is 5.91 Å². The third kappa shape index (κ3) is 5.81. The van der Waals surface area contributed by atoms with Crippen LogP contribution in [0.3, 0.4) is 0 Å². The maximum Gasteiger partial charge on any atom is 0.224 e. The number of hydrogen-bond donors (Lipinski definition) is 1. The van der Waals surface area contributed by atoms with Gasteiger partial charge in [0.1, 0.15) is 0 Å². The van der Waals surface area contributed by atoms with Crippen LogP contribution in [0.5, 0.6) is 11.5 Å². The summed E-state index contributed by atoms with van der Waals surface area (Å²) >= 11 is 0. The first-order chi connectivity index (χ1) is 12.1. The quantitative estimate of drug-likeness (QED) is 0.673. The Labute approximate surface area is 149 Å². The summed E-state index contributed by atoms with van der Waals surface area (Å²) in [6.45, 7) is 8.45. The molecule has 0 radical (unpaired) electrons. The Morgan fingerprint density at radius 1 is 1.16 bits per heavy atom. The second-order valence-corrected chi connectivity index (χ2v) is 5.72. The summed E-state index contributed by atoms with van der Waals surface area (Å²) in [5.74, 6) is 1.40. The van der Waals surface area contributed by atoms with E-state index in [4.69, 9.17) is 9.47 Å². The van der Waals surface area contributed by atoms with Gasteiger partial charge in [0, 0.05) is 25.0 Å². The fraction of sp³-hybridized carbons (Fsp3) is 0.474. The van der Waals surface area contributed by atoms with E-state index in [2.05, 4.69) is 10.4 Å². The Balaban J connectivity index is 1.81. The summed E-state index contributed by atoms with van der Waals surface area (Å²) in [4.78, 5) is 12.1. The van der Waals surface area contributed by atoms with E-state index in [0.717, 1.165) is 24.2 Å². The molecule has 0 aliphatic rings. The van der Waals surface area contributed by atoms with Crippen LogP contribution in [0.15, 0.2) is 30.5 Å². The van der Waals surface area contributed by atoms with Gasteiger partial charge in [-0.25, -0.2) is 0 Å². The van der Waals surface area contributed by atoms with Gasteiger partial charge >= 0.3 is 0 Å². The lowest BCUT2D eigenvalue weighted by Gasteiger charge is -2.12. The molecule has 0 spiro atoms. The summed E-state index contributed by atoms with van der Waals surface area (Å²) in [5, 5.41) is 7.18. The van der Waals surface area contributed by atoms with E-state index in [1.165, 1.54) is 0 Å². The number of carbonyl (C=O) groups is 1. The van der Waals surface area contributed by atoms with Gasteiger partial charge in [0.2, 0.25) is 5.91 Å². The lowest BCUT2D eigenvalue weighted by Crippen LogP contribution is -2.27. The highest BCUT2D eigenvalue weighted by atomic mass is 16.5. The molecule has 2 rings (SSSR count). The summed E-state index contributed by atoms with van der Waals surface area (Å²) in [6, 6.07) is 7.61. The minimum Gasteiger partial charge on any atom is -0.490 e. The number of aryl methyl sites for hydroxylation is 2. The van der Waals surface area contributed by atoms with E-state index in [0.29, 0.717) is 37.7 Å². The number of aromatic nitrogens is 2. The molecule has 0 bridgehead atoms. The molecule has 0 atom stereocenters. The van der Waals surface area contributed by atoms with Crippen molar-refractivity contribution in [1.82, 2.24) is 15.1 Å². The van der Waals surface area contributed by atoms with Crippen molar-refractivity contribution in [3.05, 3.63) is 41.7 Å². The van der Waals surface area contributed by atoms with Crippen LogP contribution in [-0.4, -0.2) is 35.4 Å². The monoisotopic (exact) mass is 345 g/mol. The average molecular weight is 345 g/mol. The molecule has 1 aromatic heterocycles. The molecule has 6 nitrogen and oxygen atoms in total. The molecule has 1 amide bonds. The summed E-state index contributed by atoms with van der Waals surface area (Å²) in [6.07, 6.45) is 2.96. The molecule has 6 heteroatoms. The predicted molar refractivity (Wildman–Crippen MR) is 97.1 cm³/mol. The molecule has 0 aliphatic carbocycles. The van der Waals surface area contributed by atoms with Crippen LogP contribution < -0.4 is 14.8 Å². The van der Waals surface area contributed by atoms with Gasteiger partial charge in [0.25, 0.3) is 0 Å². The van der Waals surface area contributed by atoms with Gasteiger partial charge in [0.05, 0.1) is 19.6 Å². The average Bonchev–Trinajstić information content (AvgIpc) is 2.99. The lowest BCUT2D eigenvalue weighted by molar-refractivity contribution is -0.120. The van der Waals surface area contributed by atoms with Gasteiger partial charge in [-0.05, 0) is 51.0 Å². The summed E-state index contributed by atoms with van der Waals surface area (Å²) in [7, 11) is 0. The molecule has 0 aliphatic heterocycles. The number of hydrogen-bond acceptors (Lipinski definition) is 4. The van der Waals surface area contributed by atoms with Gasteiger partial charge < -0.3 is 14.8 Å². The van der Waals surface area contributed by atoms with E-state index < -0.39 is 0 Å². The van der Waals surface area contributed by atoms with Crippen molar-refractivity contribution < 1.29 is 14.3 Å². The standard InChI is InChI=1S/C19H27N3O3/c1-4-24-17-8-7-16(13-18(17)25-5-2)14-19(23)20-10-6-12-22-15(3)9-11-21-22/h7-9,11,13H,4-6,10,12,14H2,1-3H3,(H,20,23). The lowest BCUT2D eigenvalue weighted by atomic mass is 10.1. The second-order valence-electron chi connectivity index (χ2n) is 5.72. The molecule has 136 valence electrons. The SMILES string of the molecule is CCOc1ccc(CC(=O)NCCCn2nccc2C)cc1OCC. The van der Waals surface area contributed by atoms with Crippen molar-refractivity contribution in [2.75, 3.05) is 19.8 Å². The first-order valence-corrected chi connectivity index (χ1v) is 8.77. The Morgan fingerprint density at radius 3 is 2.60 bits per heavy atom. The molecular formula is C19H27N3O3. The van der Waals surface area contributed by atoms with Crippen molar-refractivity contribution >= 4 is 5.91 Å². The smallest absolute Gasteiger partial charge is 0.224 e. The van der Waals surface area contributed by atoms with E-state index in [9.17, 15) is 4.79 Å². The van der Waals surface area contributed by atoms with Crippen LogP contribution in [0, 0.1) is 6.92 Å². The van der Waals surface area contributed by atoms with Crippen LogP contribution in [0.1, 0.15) is 31.5 Å². The summed E-state index contributed by atoms with van der Waals surface area (Å²) in [5.41, 5.74) is 2.04. The normalized spacial score (nSPS) is 10.5. The molecule has 25 heavy (non-hydrogen) atoms. The number of benzene rings is 1. The van der Waals surface area contributed by atoms with E-state index >= 15 is 0 Å². The highest BCUT2D eigenvalue weighted by molar-refractivity contribution is 5.78. The molecule has 0 saturated heterocycles. The zero-order valence-corrected chi connectivity index (χ0v) is 15.2. The van der Waals surface area contributed by atoms with Crippen LogP contribution >= 0.6 is 0 Å². The third-order valence-corrected chi connectivity index (χ3v) is 3.77. The van der Waals surface area contributed by atoms with Crippen LogP contribution in [0.2, 0.25) is 0 Å². The van der Waals surface area contributed by atoms with Gasteiger partial charge in [-0.2, -0.15) is 5.10 Å². The minimum absolute atomic E-state index is 0.00351. The molecule has 1 aromatic carbocycles. The van der Waals surface area contributed by atoms with Crippen molar-refractivity contribution in [2.24, 2.45) is 0 Å². The Morgan fingerprint density at radius 2 is 1.92 bits per heavy atom. The van der Waals surface area contributed by atoms with E-state index in [1.807, 2.05) is 49.7 Å². The van der Waals surface area contributed by atoms with Crippen molar-refractivity contribution in [3.8, 4) is 11.5 Å². The first-order valence-electron chi connectivity index (χ1n) is 8.77. The maximum absolute atomic E-state index is 12.1. The second kappa shape index (κ2) is 9.71. The number of nitrogens with zero attached hydrogens (tertiary/aromatic N) is 2. The van der Waals surface area contributed by atoms with Gasteiger partial charge in [0.15, 0.2) is 11.5 Å². The van der Waals surface area contributed by atoms with Crippen LogP contribution in [-0.2, 0) is 17.8 Å². The minimum atomic E-state index is 0.00351. The number of rotatable bonds is 10. The maximum atomic E-state index is 12.1. The Kier molecular flexibility index (Phi) is 7.32. The van der Waals surface area contributed by atoms with Crippen molar-refractivity contribution in [2.45, 2.75) is 40.2 Å². The number of carbonyl (C=O) groups excluding carboxylic acids is 1. The van der Waals surface area contributed by atoms with Gasteiger partial charge in [-0.1, -0.05) is 6.07 Å². The van der Waals surface area contributed by atoms with E-state index in [1.54, 1.807) is 6.20 Å². The molecule has 2 aromatic rings. The fourth-order valence-corrected chi connectivity index (χ4v) is 2.54. The highest BCUT2D eigenvalue weighted by Crippen LogP contribution is 2.28. The highest BCUT2D eigenvalue weighted by Gasteiger charge is 2.09. The number of amides is 1. The number of ether oxygens (including phenoxy) is 2. The molecular weight excluding hydrogens is 318 g/mol. The van der Waals surface area contributed by atoms with Crippen LogP contribution in [0.4, 0.5) is 0 Å². The first kappa shape index (κ1) is 18.8. The number of nitrogens with one attached hydrogen (secondary N) is 1. The Bertz CT molecular complexity index is 682. The van der Waals surface area contributed by atoms with Crippen LogP contribution in [0.25, 0.3) is 0 Å². The van der Waals surface area contributed by atoms with Gasteiger partial charge in [-0.3, -0.25) is 9.48 Å². The zero-order chi connectivity index (χ0) is 18.1. The largest absolute Gasteiger partial charge is 0.490 e. The Hall–Kier alpha value is -2.50. The molecule has 0 fully saturated rings. The topological polar surface area (TPSA) is 65.4 Å². The molecule has 0 unspecified atom stereocenters. The van der Waals surface area contributed by atoms with Gasteiger partial charge in [-0.15, -0.1) is 0 Å². The zero-order valence-electron chi connectivity index (χ0n) is 15.2. The van der Waals surface area contributed by atoms with Crippen molar-refractivity contribution in [3.63, 3.8) is 0 Å².